The molecule has 1 unspecified atom stereocenters. The molecule has 0 aliphatic heterocycles. The Kier molecular flexibility index (Phi) is 6.37. The number of aliphatic imine (C=N–C) groups is 1. The van der Waals surface area contributed by atoms with Gasteiger partial charge in [0.1, 0.15) is 6.04 Å². The maximum Gasteiger partial charge on any atom is 0.320 e. The third-order valence-corrected chi connectivity index (χ3v) is 1.87. The number of carbonyl (C=O) groups is 1. The molecule has 0 aliphatic carbocycles. The van der Waals surface area contributed by atoms with E-state index in [1.807, 2.05) is 13.0 Å². The summed E-state index contributed by atoms with van der Waals surface area (Å²) in [6.45, 7) is 4.22. The molecule has 15 heavy (non-hydrogen) atoms. The SMILES string of the molecule is CC(N)=NC/C(C)=C\CCC(N)C(=O)O. The van der Waals surface area contributed by atoms with E-state index in [1.54, 1.807) is 6.92 Å². The lowest BCUT2D eigenvalue weighted by Crippen LogP contribution is -2.29. The summed E-state index contributed by atoms with van der Waals surface area (Å²) in [5.74, 6) is -0.415. The van der Waals surface area contributed by atoms with Gasteiger partial charge in [-0.15, -0.1) is 0 Å². The van der Waals surface area contributed by atoms with Gasteiger partial charge in [-0.25, -0.2) is 0 Å². The molecule has 0 aliphatic rings. The molecule has 0 aromatic rings. The summed E-state index contributed by atoms with van der Waals surface area (Å²) in [5, 5.41) is 8.54. The summed E-state index contributed by atoms with van der Waals surface area (Å²) in [4.78, 5) is 14.4. The monoisotopic (exact) mass is 213 g/mol. The molecule has 0 saturated carbocycles. The number of carboxylic acids is 1. The van der Waals surface area contributed by atoms with E-state index in [0.29, 0.717) is 25.2 Å². The van der Waals surface area contributed by atoms with Crippen LogP contribution < -0.4 is 11.5 Å². The van der Waals surface area contributed by atoms with E-state index in [9.17, 15) is 4.79 Å². The average Bonchev–Trinajstić information content (AvgIpc) is 2.14. The quantitative estimate of drug-likeness (QED) is 0.339. The van der Waals surface area contributed by atoms with Gasteiger partial charge in [-0.2, -0.15) is 0 Å². The Morgan fingerprint density at radius 3 is 2.60 bits per heavy atom. The Hall–Kier alpha value is -1.36. The zero-order valence-electron chi connectivity index (χ0n) is 9.23. The van der Waals surface area contributed by atoms with Crippen LogP contribution in [0.25, 0.3) is 0 Å². The van der Waals surface area contributed by atoms with E-state index < -0.39 is 12.0 Å². The summed E-state index contributed by atoms with van der Waals surface area (Å²) in [6.07, 6.45) is 3.03. The summed E-state index contributed by atoms with van der Waals surface area (Å²) in [7, 11) is 0. The maximum atomic E-state index is 10.4. The zero-order chi connectivity index (χ0) is 11.8. The van der Waals surface area contributed by atoms with Crippen LogP contribution in [0.15, 0.2) is 16.6 Å². The summed E-state index contributed by atoms with van der Waals surface area (Å²) >= 11 is 0. The predicted octanol–water partition coefficient (Wildman–Crippen LogP) is 0.502. The van der Waals surface area contributed by atoms with Crippen LogP contribution in [0.4, 0.5) is 0 Å². The van der Waals surface area contributed by atoms with Crippen molar-refractivity contribution in [3.8, 4) is 0 Å². The number of hydrogen-bond acceptors (Lipinski definition) is 3. The van der Waals surface area contributed by atoms with Gasteiger partial charge in [0.15, 0.2) is 0 Å². The van der Waals surface area contributed by atoms with E-state index in [2.05, 4.69) is 4.99 Å². The molecule has 0 amide bonds. The van der Waals surface area contributed by atoms with Gasteiger partial charge < -0.3 is 16.6 Å². The van der Waals surface area contributed by atoms with E-state index in [4.69, 9.17) is 16.6 Å². The third kappa shape index (κ3) is 7.69. The molecule has 0 radical (unpaired) electrons. The van der Waals surface area contributed by atoms with Gasteiger partial charge >= 0.3 is 5.97 Å². The van der Waals surface area contributed by atoms with E-state index in [-0.39, 0.29) is 0 Å². The highest BCUT2D eigenvalue weighted by molar-refractivity contribution is 5.77. The van der Waals surface area contributed by atoms with Crippen LogP contribution >= 0.6 is 0 Å². The minimum absolute atomic E-state index is 0.442. The lowest BCUT2D eigenvalue weighted by atomic mass is 10.1. The standard InChI is InChI=1S/C10H19N3O2/c1-7(6-13-8(2)11)4-3-5-9(12)10(14)15/h4,9H,3,5-6,12H2,1-2H3,(H2,11,13)(H,14,15)/b7-4-. The normalized spacial score (nSPS) is 15.1. The number of hydrogen-bond donors (Lipinski definition) is 3. The number of allylic oxidation sites excluding steroid dienone is 1. The van der Waals surface area contributed by atoms with Crippen LogP contribution in [0.2, 0.25) is 0 Å². The van der Waals surface area contributed by atoms with Crippen LogP contribution in [-0.2, 0) is 4.79 Å². The molecular weight excluding hydrogens is 194 g/mol. The molecule has 0 heterocycles. The molecule has 0 fully saturated rings. The molecule has 0 saturated heterocycles. The summed E-state index contributed by atoms with van der Waals surface area (Å²) in [5.41, 5.74) is 11.8. The number of rotatable bonds is 6. The van der Waals surface area contributed by atoms with Crippen molar-refractivity contribution >= 4 is 11.8 Å². The minimum Gasteiger partial charge on any atom is -0.480 e. The lowest BCUT2D eigenvalue weighted by Gasteiger charge is -2.03. The van der Waals surface area contributed by atoms with Crippen LogP contribution in [0.3, 0.4) is 0 Å². The first-order chi connectivity index (χ1) is 6.93. The Morgan fingerprint density at radius 1 is 1.53 bits per heavy atom. The van der Waals surface area contributed by atoms with Crippen molar-refractivity contribution in [2.45, 2.75) is 32.7 Å². The van der Waals surface area contributed by atoms with Gasteiger partial charge in [0, 0.05) is 0 Å². The lowest BCUT2D eigenvalue weighted by molar-refractivity contribution is -0.138. The number of aliphatic carboxylic acids is 1. The molecule has 0 rings (SSSR count). The topological polar surface area (TPSA) is 102 Å². The van der Waals surface area contributed by atoms with E-state index >= 15 is 0 Å². The summed E-state index contributed by atoms with van der Waals surface area (Å²) in [6, 6.07) is -0.784. The molecule has 5 nitrogen and oxygen atoms in total. The fourth-order valence-corrected chi connectivity index (χ4v) is 0.947. The molecule has 5 heteroatoms. The van der Waals surface area contributed by atoms with Crippen molar-refractivity contribution in [2.24, 2.45) is 16.5 Å². The average molecular weight is 213 g/mol. The molecule has 1 atom stereocenters. The van der Waals surface area contributed by atoms with Crippen LogP contribution in [0.5, 0.6) is 0 Å². The number of carboxylic acid groups (broad SMARTS) is 1. The largest absolute Gasteiger partial charge is 0.480 e. The molecule has 86 valence electrons. The Morgan fingerprint density at radius 2 is 2.13 bits per heavy atom. The van der Waals surface area contributed by atoms with Crippen molar-refractivity contribution in [1.82, 2.24) is 0 Å². The Labute approximate surface area is 89.9 Å². The van der Waals surface area contributed by atoms with Crippen LogP contribution in [0, 0.1) is 0 Å². The Balaban J connectivity index is 3.86. The van der Waals surface area contributed by atoms with Crippen molar-refractivity contribution in [2.75, 3.05) is 6.54 Å². The highest BCUT2D eigenvalue weighted by Crippen LogP contribution is 2.01. The van der Waals surface area contributed by atoms with Crippen LogP contribution in [0.1, 0.15) is 26.7 Å². The third-order valence-electron chi connectivity index (χ3n) is 1.87. The number of amidine groups is 1. The van der Waals surface area contributed by atoms with Gasteiger partial charge in [-0.05, 0) is 26.7 Å². The van der Waals surface area contributed by atoms with Gasteiger partial charge in [0.25, 0.3) is 0 Å². The fourth-order valence-electron chi connectivity index (χ4n) is 0.947. The van der Waals surface area contributed by atoms with Gasteiger partial charge in [0.2, 0.25) is 0 Å². The van der Waals surface area contributed by atoms with Crippen molar-refractivity contribution in [3.05, 3.63) is 11.6 Å². The fraction of sp³-hybridized carbons (Fsp3) is 0.600. The molecular formula is C10H19N3O2. The predicted molar refractivity (Wildman–Crippen MR) is 60.8 cm³/mol. The first-order valence-corrected chi connectivity index (χ1v) is 4.84. The van der Waals surface area contributed by atoms with E-state index in [1.165, 1.54) is 0 Å². The van der Waals surface area contributed by atoms with Crippen LogP contribution in [-0.4, -0.2) is 29.5 Å². The van der Waals surface area contributed by atoms with Gasteiger partial charge in [-0.3, -0.25) is 9.79 Å². The second-order valence-corrected chi connectivity index (χ2v) is 3.53. The highest BCUT2D eigenvalue weighted by Gasteiger charge is 2.09. The van der Waals surface area contributed by atoms with Crippen molar-refractivity contribution in [3.63, 3.8) is 0 Å². The van der Waals surface area contributed by atoms with E-state index in [0.717, 1.165) is 5.57 Å². The number of nitrogens with two attached hydrogens (primary N) is 2. The first kappa shape index (κ1) is 13.6. The first-order valence-electron chi connectivity index (χ1n) is 4.84. The summed E-state index contributed by atoms with van der Waals surface area (Å²) < 4.78 is 0. The molecule has 0 aromatic heterocycles. The number of nitrogens with zero attached hydrogens (tertiary/aromatic N) is 1. The smallest absolute Gasteiger partial charge is 0.320 e. The molecule has 0 spiro atoms. The molecule has 0 bridgehead atoms. The minimum atomic E-state index is -0.961. The van der Waals surface area contributed by atoms with Gasteiger partial charge in [-0.1, -0.05) is 11.6 Å². The zero-order valence-corrected chi connectivity index (χ0v) is 9.23. The van der Waals surface area contributed by atoms with Gasteiger partial charge in [0.05, 0.1) is 12.4 Å². The molecule has 5 N–H and O–H groups in total. The van der Waals surface area contributed by atoms with Crippen molar-refractivity contribution < 1.29 is 9.90 Å². The highest BCUT2D eigenvalue weighted by atomic mass is 16.4. The second-order valence-electron chi connectivity index (χ2n) is 3.53. The Bertz CT molecular complexity index is 268. The molecule has 0 aromatic carbocycles. The van der Waals surface area contributed by atoms with Crippen molar-refractivity contribution in [1.29, 1.82) is 0 Å². The second kappa shape index (κ2) is 7.00. The maximum absolute atomic E-state index is 10.4.